The lowest BCUT2D eigenvalue weighted by Crippen LogP contribution is -2.49. The van der Waals surface area contributed by atoms with Crippen LogP contribution in [0.25, 0.3) is 0 Å². The first-order chi connectivity index (χ1) is 10.2. The Morgan fingerprint density at radius 2 is 1.82 bits per heavy atom. The van der Waals surface area contributed by atoms with Gasteiger partial charge in [-0.15, -0.1) is 0 Å². The SMILES string of the molecule is C[C@@H]1[C@H](C(=O)O)CCCN1S(=O)(=O)c1cc(F)c(F)cc1F. The highest BCUT2D eigenvalue weighted by atomic mass is 32.2. The quantitative estimate of drug-likeness (QED) is 0.856. The maximum absolute atomic E-state index is 13.7. The molecule has 0 unspecified atom stereocenters. The van der Waals surface area contributed by atoms with Crippen molar-refractivity contribution in [3.63, 3.8) is 0 Å². The summed E-state index contributed by atoms with van der Waals surface area (Å²) >= 11 is 0. The molecule has 1 aromatic carbocycles. The van der Waals surface area contributed by atoms with Crippen molar-refractivity contribution >= 4 is 16.0 Å². The fourth-order valence-electron chi connectivity index (χ4n) is 2.61. The van der Waals surface area contributed by atoms with E-state index in [1.54, 1.807) is 0 Å². The van der Waals surface area contributed by atoms with Gasteiger partial charge in [0.05, 0.1) is 5.92 Å². The van der Waals surface area contributed by atoms with Crippen LogP contribution >= 0.6 is 0 Å². The molecule has 0 aliphatic carbocycles. The molecule has 0 radical (unpaired) electrons. The summed E-state index contributed by atoms with van der Waals surface area (Å²) in [4.78, 5) is 10.1. The first-order valence-electron chi connectivity index (χ1n) is 6.55. The first-order valence-corrected chi connectivity index (χ1v) is 7.99. The van der Waals surface area contributed by atoms with Gasteiger partial charge in [-0.05, 0) is 25.8 Å². The van der Waals surface area contributed by atoms with Crippen molar-refractivity contribution in [1.29, 1.82) is 0 Å². The van der Waals surface area contributed by atoms with E-state index in [0.717, 1.165) is 4.31 Å². The van der Waals surface area contributed by atoms with E-state index < -0.39 is 50.3 Å². The highest BCUT2D eigenvalue weighted by molar-refractivity contribution is 7.89. The van der Waals surface area contributed by atoms with Gasteiger partial charge in [-0.2, -0.15) is 4.31 Å². The fourth-order valence-corrected chi connectivity index (χ4v) is 4.37. The lowest BCUT2D eigenvalue weighted by atomic mass is 9.92. The summed E-state index contributed by atoms with van der Waals surface area (Å²) in [7, 11) is -4.46. The number of nitrogens with zero attached hydrogens (tertiary/aromatic N) is 1. The maximum atomic E-state index is 13.7. The Balaban J connectivity index is 2.46. The standard InChI is InChI=1S/C13H14F3NO4S/c1-7-8(13(18)19)3-2-4-17(7)22(20,21)12-6-10(15)9(14)5-11(12)16/h5-8H,2-4H2,1H3,(H,18,19)/t7-,8-/m1/s1. The third kappa shape index (κ3) is 2.82. The molecule has 22 heavy (non-hydrogen) atoms. The number of hydrogen-bond donors (Lipinski definition) is 1. The maximum Gasteiger partial charge on any atom is 0.308 e. The molecule has 1 fully saturated rings. The van der Waals surface area contributed by atoms with Crippen molar-refractivity contribution in [1.82, 2.24) is 4.31 Å². The Hall–Kier alpha value is -1.61. The van der Waals surface area contributed by atoms with Crippen LogP contribution in [0.1, 0.15) is 19.8 Å². The van der Waals surface area contributed by atoms with Gasteiger partial charge in [-0.25, -0.2) is 21.6 Å². The van der Waals surface area contributed by atoms with Crippen LogP contribution < -0.4 is 0 Å². The number of rotatable bonds is 3. The Kier molecular flexibility index (Phi) is 4.48. The van der Waals surface area contributed by atoms with Crippen LogP contribution in [0, 0.1) is 23.4 Å². The molecule has 0 bridgehead atoms. The predicted molar refractivity (Wildman–Crippen MR) is 70.0 cm³/mol. The second-order valence-electron chi connectivity index (χ2n) is 5.14. The largest absolute Gasteiger partial charge is 0.481 e. The average Bonchev–Trinajstić information content (AvgIpc) is 2.42. The number of aliphatic carboxylic acids is 1. The number of carboxylic acid groups (broad SMARTS) is 1. The van der Waals surface area contributed by atoms with Gasteiger partial charge in [-0.3, -0.25) is 4.79 Å². The van der Waals surface area contributed by atoms with Gasteiger partial charge in [0.1, 0.15) is 10.7 Å². The zero-order valence-electron chi connectivity index (χ0n) is 11.6. The highest BCUT2D eigenvalue weighted by Crippen LogP contribution is 2.31. The summed E-state index contributed by atoms with van der Waals surface area (Å²) in [5, 5.41) is 9.09. The molecule has 1 aromatic rings. The van der Waals surface area contributed by atoms with E-state index in [-0.39, 0.29) is 25.1 Å². The van der Waals surface area contributed by atoms with Crippen molar-refractivity contribution in [3.05, 3.63) is 29.6 Å². The van der Waals surface area contributed by atoms with E-state index >= 15 is 0 Å². The molecule has 1 aliphatic rings. The molecule has 0 amide bonds. The van der Waals surface area contributed by atoms with Gasteiger partial charge in [0, 0.05) is 18.7 Å². The van der Waals surface area contributed by atoms with Crippen LogP contribution in [0.2, 0.25) is 0 Å². The molecular weight excluding hydrogens is 323 g/mol. The minimum atomic E-state index is -4.46. The number of hydrogen-bond acceptors (Lipinski definition) is 3. The molecular formula is C13H14F3NO4S. The zero-order chi connectivity index (χ0) is 16.7. The normalized spacial score (nSPS) is 23.5. The van der Waals surface area contributed by atoms with Gasteiger partial charge in [0.2, 0.25) is 10.0 Å². The molecule has 1 N–H and O–H groups in total. The Morgan fingerprint density at radius 1 is 1.23 bits per heavy atom. The molecule has 122 valence electrons. The van der Waals surface area contributed by atoms with E-state index in [0.29, 0.717) is 6.42 Å². The average molecular weight is 337 g/mol. The van der Waals surface area contributed by atoms with E-state index in [9.17, 15) is 26.4 Å². The second kappa shape index (κ2) is 5.88. The molecule has 2 atom stereocenters. The van der Waals surface area contributed by atoms with Crippen LogP contribution in [0.5, 0.6) is 0 Å². The minimum Gasteiger partial charge on any atom is -0.481 e. The Morgan fingerprint density at radius 3 is 2.41 bits per heavy atom. The van der Waals surface area contributed by atoms with E-state index in [1.165, 1.54) is 6.92 Å². The summed E-state index contributed by atoms with van der Waals surface area (Å²) in [6, 6.07) is -0.480. The third-order valence-electron chi connectivity index (χ3n) is 3.81. The Labute approximate surface area is 125 Å². The number of sulfonamides is 1. The highest BCUT2D eigenvalue weighted by Gasteiger charge is 2.40. The van der Waals surface area contributed by atoms with E-state index in [2.05, 4.69) is 0 Å². The van der Waals surface area contributed by atoms with Crippen LogP contribution in [0.3, 0.4) is 0 Å². The Bertz CT molecular complexity index is 707. The van der Waals surface area contributed by atoms with Gasteiger partial charge in [-0.1, -0.05) is 0 Å². The van der Waals surface area contributed by atoms with E-state index in [1.807, 2.05) is 0 Å². The first kappa shape index (κ1) is 16.8. The van der Waals surface area contributed by atoms with Gasteiger partial charge < -0.3 is 5.11 Å². The van der Waals surface area contributed by atoms with Gasteiger partial charge in [0.15, 0.2) is 11.6 Å². The van der Waals surface area contributed by atoms with Crippen molar-refractivity contribution in [2.24, 2.45) is 5.92 Å². The summed E-state index contributed by atoms with van der Waals surface area (Å²) in [6.45, 7) is 1.39. The molecule has 0 aromatic heterocycles. The van der Waals surface area contributed by atoms with Crippen LogP contribution in [0.4, 0.5) is 13.2 Å². The molecule has 2 rings (SSSR count). The van der Waals surface area contributed by atoms with Gasteiger partial charge in [0.25, 0.3) is 0 Å². The number of halogens is 3. The molecule has 1 aliphatic heterocycles. The number of piperidine rings is 1. The van der Waals surface area contributed by atoms with Crippen LogP contribution in [-0.2, 0) is 14.8 Å². The van der Waals surface area contributed by atoms with Crippen molar-refractivity contribution < 1.29 is 31.5 Å². The summed E-state index contributed by atoms with van der Waals surface area (Å²) in [5.41, 5.74) is 0. The monoisotopic (exact) mass is 337 g/mol. The number of carboxylic acids is 1. The smallest absolute Gasteiger partial charge is 0.308 e. The van der Waals surface area contributed by atoms with Crippen LogP contribution in [0.15, 0.2) is 17.0 Å². The third-order valence-corrected chi connectivity index (χ3v) is 5.81. The zero-order valence-corrected chi connectivity index (χ0v) is 12.4. The summed E-state index contributed by atoms with van der Waals surface area (Å²) in [5.74, 6) is -6.48. The molecule has 0 saturated carbocycles. The summed E-state index contributed by atoms with van der Waals surface area (Å²) < 4.78 is 65.6. The molecule has 1 saturated heterocycles. The lowest BCUT2D eigenvalue weighted by molar-refractivity contribution is -0.144. The summed E-state index contributed by atoms with van der Waals surface area (Å²) in [6.07, 6.45) is 0.578. The van der Waals surface area contributed by atoms with Gasteiger partial charge >= 0.3 is 5.97 Å². The molecule has 9 heteroatoms. The predicted octanol–water partition coefficient (Wildman–Crippen LogP) is 1.98. The van der Waals surface area contributed by atoms with Crippen molar-refractivity contribution in [2.45, 2.75) is 30.7 Å². The van der Waals surface area contributed by atoms with Crippen LogP contribution in [-0.4, -0.2) is 36.4 Å². The molecule has 1 heterocycles. The molecule has 0 spiro atoms. The van der Waals surface area contributed by atoms with Crippen molar-refractivity contribution in [2.75, 3.05) is 6.54 Å². The fraction of sp³-hybridized carbons (Fsp3) is 0.462. The molecule has 5 nitrogen and oxygen atoms in total. The van der Waals surface area contributed by atoms with Crippen molar-refractivity contribution in [3.8, 4) is 0 Å². The number of carbonyl (C=O) groups is 1. The number of benzene rings is 1. The lowest BCUT2D eigenvalue weighted by Gasteiger charge is -2.36. The second-order valence-corrected chi connectivity index (χ2v) is 7.00. The van der Waals surface area contributed by atoms with E-state index in [4.69, 9.17) is 5.11 Å². The topological polar surface area (TPSA) is 74.7 Å². The minimum absolute atomic E-state index is 0.00822.